The van der Waals surface area contributed by atoms with Gasteiger partial charge in [-0.3, -0.25) is 9.20 Å². The van der Waals surface area contributed by atoms with Gasteiger partial charge in [-0.2, -0.15) is 0 Å². The van der Waals surface area contributed by atoms with Crippen molar-refractivity contribution in [3.63, 3.8) is 0 Å². The average Bonchev–Trinajstić information content (AvgIpc) is 2.47. The zero-order chi connectivity index (χ0) is 9.42. The molecule has 2 aromatic rings. The van der Waals surface area contributed by atoms with Crippen LogP contribution in [-0.2, 0) is 0 Å². The van der Waals surface area contributed by atoms with Crippen molar-refractivity contribution in [1.82, 2.24) is 9.38 Å². The first-order valence-corrected chi connectivity index (χ1v) is 4.20. The first-order chi connectivity index (χ1) is 6.18. The third-order valence-electron chi connectivity index (χ3n) is 1.89. The molecule has 0 aromatic carbocycles. The summed E-state index contributed by atoms with van der Waals surface area (Å²) in [6.45, 7) is 1.53. The summed E-state index contributed by atoms with van der Waals surface area (Å²) < 4.78 is 1.72. The molecule has 66 valence electrons. The van der Waals surface area contributed by atoms with Gasteiger partial charge in [0.1, 0.15) is 0 Å². The molecular weight excluding hydrogens is 188 g/mol. The summed E-state index contributed by atoms with van der Waals surface area (Å²) in [5, 5.41) is 0.408. The molecule has 2 heterocycles. The quantitative estimate of drug-likeness (QED) is 0.653. The molecule has 0 N–H and O–H groups in total. The van der Waals surface area contributed by atoms with Gasteiger partial charge in [0.2, 0.25) is 5.28 Å². The predicted molar refractivity (Wildman–Crippen MR) is 50.2 cm³/mol. The van der Waals surface area contributed by atoms with Crippen LogP contribution in [0.15, 0.2) is 24.5 Å². The van der Waals surface area contributed by atoms with Crippen molar-refractivity contribution < 1.29 is 4.79 Å². The Bertz CT molecular complexity index is 475. The zero-order valence-electron chi connectivity index (χ0n) is 6.99. The molecular formula is C9H7ClN2O. The summed E-state index contributed by atoms with van der Waals surface area (Å²) in [4.78, 5) is 14.9. The Kier molecular flexibility index (Phi) is 1.81. The first kappa shape index (κ1) is 8.26. The maximum Gasteiger partial charge on any atom is 0.207 e. The predicted octanol–water partition coefficient (Wildman–Crippen LogP) is 2.19. The van der Waals surface area contributed by atoms with Crippen LogP contribution in [0.3, 0.4) is 0 Å². The van der Waals surface area contributed by atoms with Gasteiger partial charge in [-0.1, -0.05) is 0 Å². The standard InChI is InChI=1S/C9H7ClN2O/c1-6(13)7-2-3-12-8(4-7)5-11-9(12)10/h2-5H,1H3. The lowest BCUT2D eigenvalue weighted by Crippen LogP contribution is -1.93. The molecule has 0 saturated carbocycles. The van der Waals surface area contributed by atoms with Crippen LogP contribution in [-0.4, -0.2) is 15.2 Å². The van der Waals surface area contributed by atoms with Crippen LogP contribution in [0, 0.1) is 0 Å². The van der Waals surface area contributed by atoms with Crippen LogP contribution in [0.25, 0.3) is 5.52 Å². The van der Waals surface area contributed by atoms with E-state index >= 15 is 0 Å². The van der Waals surface area contributed by atoms with Crippen molar-refractivity contribution in [2.24, 2.45) is 0 Å². The zero-order valence-corrected chi connectivity index (χ0v) is 7.75. The number of carbonyl (C=O) groups excluding carboxylic acids is 1. The Morgan fingerprint density at radius 3 is 3.08 bits per heavy atom. The van der Waals surface area contributed by atoms with Crippen molar-refractivity contribution in [2.45, 2.75) is 6.92 Å². The summed E-state index contributed by atoms with van der Waals surface area (Å²) in [5.74, 6) is 0.0415. The van der Waals surface area contributed by atoms with E-state index < -0.39 is 0 Å². The van der Waals surface area contributed by atoms with Gasteiger partial charge in [0.25, 0.3) is 0 Å². The second-order valence-corrected chi connectivity index (χ2v) is 3.13. The van der Waals surface area contributed by atoms with Crippen molar-refractivity contribution in [3.8, 4) is 0 Å². The summed E-state index contributed by atoms with van der Waals surface area (Å²) in [6.07, 6.45) is 3.37. The molecule has 0 unspecified atom stereocenters. The van der Waals surface area contributed by atoms with Gasteiger partial charge in [-0.25, -0.2) is 4.98 Å². The van der Waals surface area contributed by atoms with Gasteiger partial charge in [0, 0.05) is 11.8 Å². The highest BCUT2D eigenvalue weighted by Crippen LogP contribution is 2.13. The van der Waals surface area contributed by atoms with Crippen LogP contribution >= 0.6 is 11.6 Å². The van der Waals surface area contributed by atoms with E-state index in [1.54, 1.807) is 28.9 Å². The van der Waals surface area contributed by atoms with E-state index in [1.165, 1.54) is 6.92 Å². The molecule has 0 fully saturated rings. The van der Waals surface area contributed by atoms with Crippen LogP contribution in [0.1, 0.15) is 17.3 Å². The molecule has 0 bridgehead atoms. The maximum absolute atomic E-state index is 11.0. The molecule has 13 heavy (non-hydrogen) atoms. The number of ketones is 1. The molecule has 0 saturated heterocycles. The third kappa shape index (κ3) is 1.31. The molecule has 0 radical (unpaired) electrons. The third-order valence-corrected chi connectivity index (χ3v) is 2.17. The minimum atomic E-state index is 0.0415. The normalized spacial score (nSPS) is 10.6. The molecule has 2 aromatic heterocycles. The molecule has 0 aliphatic carbocycles. The van der Waals surface area contributed by atoms with Crippen molar-refractivity contribution >= 4 is 22.9 Å². The molecule has 0 atom stereocenters. The molecule has 0 spiro atoms. The topological polar surface area (TPSA) is 34.4 Å². The first-order valence-electron chi connectivity index (χ1n) is 3.82. The maximum atomic E-state index is 11.0. The monoisotopic (exact) mass is 194 g/mol. The summed E-state index contributed by atoms with van der Waals surface area (Å²) in [6, 6.07) is 3.49. The number of hydrogen-bond donors (Lipinski definition) is 0. The van der Waals surface area contributed by atoms with Gasteiger partial charge in [-0.15, -0.1) is 0 Å². The van der Waals surface area contributed by atoms with Crippen LogP contribution in [0.2, 0.25) is 5.28 Å². The highest BCUT2D eigenvalue weighted by Gasteiger charge is 2.03. The van der Waals surface area contributed by atoms with Gasteiger partial charge in [-0.05, 0) is 30.7 Å². The highest BCUT2D eigenvalue weighted by molar-refractivity contribution is 6.28. The minimum absolute atomic E-state index is 0.0415. The lowest BCUT2D eigenvalue weighted by atomic mass is 10.2. The molecule has 0 aliphatic rings. The Hall–Kier alpha value is -1.35. The second-order valence-electron chi connectivity index (χ2n) is 2.79. The fourth-order valence-corrected chi connectivity index (χ4v) is 1.39. The Morgan fingerprint density at radius 1 is 1.62 bits per heavy atom. The number of carbonyl (C=O) groups is 1. The van der Waals surface area contributed by atoms with E-state index in [2.05, 4.69) is 4.98 Å². The highest BCUT2D eigenvalue weighted by atomic mass is 35.5. The lowest BCUT2D eigenvalue weighted by molar-refractivity contribution is 0.101. The van der Waals surface area contributed by atoms with E-state index in [-0.39, 0.29) is 5.78 Å². The number of nitrogens with zero attached hydrogens (tertiary/aromatic N) is 2. The average molecular weight is 195 g/mol. The molecule has 3 nitrogen and oxygen atoms in total. The number of aromatic nitrogens is 2. The van der Waals surface area contributed by atoms with Gasteiger partial charge in [0.05, 0.1) is 11.7 Å². The van der Waals surface area contributed by atoms with E-state index in [9.17, 15) is 4.79 Å². The number of pyridine rings is 1. The molecule has 4 heteroatoms. The SMILES string of the molecule is CC(=O)c1ccn2c(Cl)ncc2c1. The number of hydrogen-bond acceptors (Lipinski definition) is 2. The summed E-state index contributed by atoms with van der Waals surface area (Å²) in [7, 11) is 0. The van der Waals surface area contributed by atoms with Crippen LogP contribution < -0.4 is 0 Å². The van der Waals surface area contributed by atoms with Crippen LogP contribution in [0.5, 0.6) is 0 Å². The van der Waals surface area contributed by atoms with E-state index in [0.717, 1.165) is 5.52 Å². The van der Waals surface area contributed by atoms with Crippen LogP contribution in [0.4, 0.5) is 0 Å². The fraction of sp³-hybridized carbons (Fsp3) is 0.111. The Labute approximate surface area is 80.0 Å². The Morgan fingerprint density at radius 2 is 2.38 bits per heavy atom. The number of rotatable bonds is 1. The number of imidazole rings is 1. The number of Topliss-reactive ketones (excluding diaryl/α,β-unsaturated/α-hetero) is 1. The molecule has 0 aliphatic heterocycles. The number of halogens is 1. The Balaban J connectivity index is 2.70. The largest absolute Gasteiger partial charge is 0.295 e. The summed E-state index contributed by atoms with van der Waals surface area (Å²) >= 11 is 5.77. The summed E-state index contributed by atoms with van der Waals surface area (Å²) in [5.41, 5.74) is 1.50. The fourth-order valence-electron chi connectivity index (χ4n) is 1.19. The van der Waals surface area contributed by atoms with Gasteiger partial charge in [0.15, 0.2) is 5.78 Å². The molecule has 2 rings (SSSR count). The number of fused-ring (bicyclic) bond motifs is 1. The van der Waals surface area contributed by atoms with Gasteiger partial charge < -0.3 is 0 Å². The van der Waals surface area contributed by atoms with Crippen molar-refractivity contribution in [1.29, 1.82) is 0 Å². The van der Waals surface area contributed by atoms with E-state index in [4.69, 9.17) is 11.6 Å². The smallest absolute Gasteiger partial charge is 0.207 e. The second kappa shape index (κ2) is 2.85. The van der Waals surface area contributed by atoms with Crippen molar-refractivity contribution in [3.05, 3.63) is 35.4 Å². The van der Waals surface area contributed by atoms with E-state index in [0.29, 0.717) is 10.8 Å². The van der Waals surface area contributed by atoms with Crippen molar-refractivity contribution in [2.75, 3.05) is 0 Å². The lowest BCUT2D eigenvalue weighted by Gasteiger charge is -1.97. The minimum Gasteiger partial charge on any atom is -0.295 e. The van der Waals surface area contributed by atoms with Gasteiger partial charge >= 0.3 is 0 Å². The molecule has 0 amide bonds. The van der Waals surface area contributed by atoms with E-state index in [1.807, 2.05) is 0 Å².